The van der Waals surface area contributed by atoms with Crippen LogP contribution < -0.4 is 10.5 Å². The lowest BCUT2D eigenvalue weighted by Gasteiger charge is -2.18. The number of hydrogen-bond acceptors (Lipinski definition) is 4. The van der Waals surface area contributed by atoms with E-state index in [-0.39, 0.29) is 5.56 Å². The summed E-state index contributed by atoms with van der Waals surface area (Å²) in [4.78, 5) is 21.2. The molecule has 0 spiro atoms. The molecule has 112 valence electrons. The topological polar surface area (TPSA) is 72.8 Å². The molecular weight excluding hydrogens is 288 g/mol. The Morgan fingerprint density at radius 3 is 2.26 bits per heavy atom. The smallest absolute Gasteiger partial charge is 0.270 e. The fourth-order valence-corrected chi connectivity index (χ4v) is 2.30. The zero-order chi connectivity index (χ0) is 16.2. The maximum absolute atomic E-state index is 12.3. The molecule has 1 N–H and O–H groups in total. The maximum atomic E-state index is 12.3. The Kier molecular flexibility index (Phi) is 3.89. The van der Waals surface area contributed by atoms with Gasteiger partial charge in [0.25, 0.3) is 5.56 Å². The molecule has 0 aliphatic rings. The second-order valence-corrected chi connectivity index (χ2v) is 4.99. The van der Waals surface area contributed by atoms with E-state index >= 15 is 0 Å². The van der Waals surface area contributed by atoms with E-state index < -0.39 is 5.56 Å². The molecule has 0 unspecified atom stereocenters. The van der Waals surface area contributed by atoms with Gasteiger partial charge in [0, 0.05) is 18.3 Å². The van der Waals surface area contributed by atoms with Gasteiger partial charge in [0.2, 0.25) is 5.95 Å². The van der Waals surface area contributed by atoms with E-state index in [0.29, 0.717) is 11.6 Å². The summed E-state index contributed by atoms with van der Waals surface area (Å²) in [5.74, 6) is 0.388. The predicted molar refractivity (Wildman–Crippen MR) is 89.5 cm³/mol. The summed E-state index contributed by atoms with van der Waals surface area (Å²) in [6.45, 7) is 0. The highest BCUT2D eigenvalue weighted by molar-refractivity contribution is 5.68. The van der Waals surface area contributed by atoms with Gasteiger partial charge in [0.05, 0.1) is 5.69 Å². The zero-order valence-electron chi connectivity index (χ0n) is 12.5. The molecule has 5 nitrogen and oxygen atoms in total. The molecule has 0 saturated heterocycles. The number of aromatic amines is 1. The van der Waals surface area contributed by atoms with E-state index in [1.54, 1.807) is 4.90 Å². The number of nitriles is 1. The van der Waals surface area contributed by atoms with Gasteiger partial charge >= 0.3 is 0 Å². The van der Waals surface area contributed by atoms with Crippen molar-refractivity contribution in [1.82, 2.24) is 9.97 Å². The highest BCUT2D eigenvalue weighted by atomic mass is 16.1. The second-order valence-electron chi connectivity index (χ2n) is 4.99. The third-order valence-corrected chi connectivity index (χ3v) is 3.53. The molecule has 0 saturated carbocycles. The number of aromatic nitrogens is 2. The van der Waals surface area contributed by atoms with Crippen LogP contribution in [0.2, 0.25) is 0 Å². The van der Waals surface area contributed by atoms with E-state index in [2.05, 4.69) is 9.97 Å². The van der Waals surface area contributed by atoms with Crippen molar-refractivity contribution >= 4 is 11.6 Å². The van der Waals surface area contributed by atoms with Crippen molar-refractivity contribution in [2.24, 2.45) is 0 Å². The maximum Gasteiger partial charge on any atom is 0.270 e. The van der Waals surface area contributed by atoms with E-state index in [1.807, 2.05) is 73.8 Å². The molecule has 5 heteroatoms. The average molecular weight is 302 g/mol. The van der Waals surface area contributed by atoms with Crippen LogP contribution in [-0.2, 0) is 0 Å². The van der Waals surface area contributed by atoms with Gasteiger partial charge in [-0.15, -0.1) is 0 Å². The first-order valence-electron chi connectivity index (χ1n) is 7.09. The van der Waals surface area contributed by atoms with Crippen LogP contribution in [0.3, 0.4) is 0 Å². The standard InChI is InChI=1S/C18H14N4O/c1-22(14-10-6-3-7-11-14)18-20-16(13-8-4-2-5-9-13)15(12-19)17(23)21-18/h2-11H,1H3,(H,20,21,23). The summed E-state index contributed by atoms with van der Waals surface area (Å²) in [7, 11) is 1.81. The number of H-pyrrole nitrogens is 1. The van der Waals surface area contributed by atoms with E-state index in [1.165, 1.54) is 0 Å². The van der Waals surface area contributed by atoms with Crippen molar-refractivity contribution in [2.75, 3.05) is 11.9 Å². The van der Waals surface area contributed by atoms with E-state index in [4.69, 9.17) is 0 Å². The molecule has 23 heavy (non-hydrogen) atoms. The minimum absolute atomic E-state index is 0.0152. The predicted octanol–water partition coefficient (Wildman–Crippen LogP) is 3.08. The number of anilines is 2. The van der Waals surface area contributed by atoms with Gasteiger partial charge in [0.1, 0.15) is 11.6 Å². The molecule has 0 bridgehead atoms. The lowest BCUT2D eigenvalue weighted by atomic mass is 10.1. The minimum Gasteiger partial charge on any atom is -0.315 e. The molecular formula is C18H14N4O. The molecule has 0 amide bonds. The second kappa shape index (κ2) is 6.16. The third kappa shape index (κ3) is 2.83. The van der Waals surface area contributed by atoms with Crippen molar-refractivity contribution in [1.29, 1.82) is 5.26 Å². The van der Waals surface area contributed by atoms with Crippen LogP contribution >= 0.6 is 0 Å². The van der Waals surface area contributed by atoms with Crippen molar-refractivity contribution in [2.45, 2.75) is 0 Å². The molecule has 0 fully saturated rings. The quantitative estimate of drug-likeness (QED) is 0.807. The van der Waals surface area contributed by atoms with Crippen LogP contribution in [0.4, 0.5) is 11.6 Å². The van der Waals surface area contributed by atoms with Gasteiger partial charge in [-0.1, -0.05) is 48.5 Å². The largest absolute Gasteiger partial charge is 0.315 e. The SMILES string of the molecule is CN(c1ccccc1)c1nc(-c2ccccc2)c(C#N)c(=O)[nH]1. The molecule has 1 heterocycles. The van der Waals surface area contributed by atoms with Crippen LogP contribution in [-0.4, -0.2) is 17.0 Å². The summed E-state index contributed by atoms with van der Waals surface area (Å²) < 4.78 is 0. The van der Waals surface area contributed by atoms with Crippen LogP contribution in [0.5, 0.6) is 0 Å². The Morgan fingerprint density at radius 2 is 1.65 bits per heavy atom. The first-order chi connectivity index (χ1) is 11.2. The monoisotopic (exact) mass is 302 g/mol. The molecule has 3 aromatic rings. The minimum atomic E-state index is -0.445. The van der Waals surface area contributed by atoms with Crippen molar-refractivity contribution < 1.29 is 0 Å². The summed E-state index contributed by atoms with van der Waals surface area (Å²) in [5.41, 5.74) is 1.58. The number of rotatable bonds is 3. The van der Waals surface area contributed by atoms with Crippen LogP contribution in [0.25, 0.3) is 11.3 Å². The Labute approximate surface area is 133 Å². The van der Waals surface area contributed by atoms with Gasteiger partial charge < -0.3 is 4.90 Å². The number of para-hydroxylation sites is 1. The molecule has 0 atom stereocenters. The molecule has 2 aromatic carbocycles. The normalized spacial score (nSPS) is 10.1. The lowest BCUT2D eigenvalue weighted by Crippen LogP contribution is -2.21. The summed E-state index contributed by atoms with van der Waals surface area (Å²) in [5, 5.41) is 9.28. The number of nitrogens with zero attached hydrogens (tertiary/aromatic N) is 3. The fraction of sp³-hybridized carbons (Fsp3) is 0.0556. The number of benzene rings is 2. The molecule has 1 aromatic heterocycles. The first kappa shape index (κ1) is 14.5. The number of hydrogen-bond donors (Lipinski definition) is 1. The van der Waals surface area contributed by atoms with Crippen molar-refractivity contribution in [3.63, 3.8) is 0 Å². The molecule has 3 rings (SSSR count). The first-order valence-corrected chi connectivity index (χ1v) is 7.09. The fourth-order valence-electron chi connectivity index (χ4n) is 2.30. The van der Waals surface area contributed by atoms with Crippen molar-refractivity contribution in [3.05, 3.63) is 76.6 Å². The third-order valence-electron chi connectivity index (χ3n) is 3.53. The summed E-state index contributed by atoms with van der Waals surface area (Å²) in [6, 6.07) is 20.7. The van der Waals surface area contributed by atoms with Crippen LogP contribution in [0.15, 0.2) is 65.5 Å². The lowest BCUT2D eigenvalue weighted by molar-refractivity contribution is 1.02. The van der Waals surface area contributed by atoms with Gasteiger partial charge in [0.15, 0.2) is 0 Å². The van der Waals surface area contributed by atoms with E-state index in [0.717, 1.165) is 11.3 Å². The van der Waals surface area contributed by atoms with Crippen LogP contribution in [0.1, 0.15) is 5.56 Å². The zero-order valence-corrected chi connectivity index (χ0v) is 12.5. The Balaban J connectivity index is 2.16. The number of nitrogens with one attached hydrogen (secondary N) is 1. The van der Waals surface area contributed by atoms with Gasteiger partial charge in [-0.25, -0.2) is 4.98 Å². The molecule has 0 aliphatic carbocycles. The van der Waals surface area contributed by atoms with Gasteiger partial charge in [-0.05, 0) is 12.1 Å². The Morgan fingerprint density at radius 1 is 1.04 bits per heavy atom. The van der Waals surface area contributed by atoms with Crippen LogP contribution in [0, 0.1) is 11.3 Å². The molecule has 0 aliphatic heterocycles. The highest BCUT2D eigenvalue weighted by Crippen LogP contribution is 2.23. The highest BCUT2D eigenvalue weighted by Gasteiger charge is 2.15. The van der Waals surface area contributed by atoms with Gasteiger partial charge in [-0.3, -0.25) is 9.78 Å². The Bertz CT molecular complexity index is 911. The average Bonchev–Trinajstić information content (AvgIpc) is 2.62. The van der Waals surface area contributed by atoms with E-state index in [9.17, 15) is 10.1 Å². The Hall–Kier alpha value is -3.39. The molecule has 0 radical (unpaired) electrons. The van der Waals surface area contributed by atoms with Gasteiger partial charge in [-0.2, -0.15) is 5.26 Å². The van der Waals surface area contributed by atoms with Crippen molar-refractivity contribution in [3.8, 4) is 17.3 Å². The summed E-state index contributed by atoms with van der Waals surface area (Å²) in [6.07, 6.45) is 0. The summed E-state index contributed by atoms with van der Waals surface area (Å²) >= 11 is 0.